The first kappa shape index (κ1) is 10.9. The SMILES string of the molecule is ClCC(NC1CCOC1)c1ccccc1. The van der Waals surface area contributed by atoms with Crippen LogP contribution in [0.1, 0.15) is 18.0 Å². The zero-order valence-electron chi connectivity index (χ0n) is 8.66. The molecule has 1 aromatic rings. The maximum Gasteiger partial charge on any atom is 0.0620 e. The van der Waals surface area contributed by atoms with E-state index in [0.29, 0.717) is 11.9 Å². The summed E-state index contributed by atoms with van der Waals surface area (Å²) in [5.41, 5.74) is 1.25. The highest BCUT2D eigenvalue weighted by Gasteiger charge is 2.19. The summed E-state index contributed by atoms with van der Waals surface area (Å²) in [7, 11) is 0. The van der Waals surface area contributed by atoms with Gasteiger partial charge in [-0.05, 0) is 12.0 Å². The van der Waals surface area contributed by atoms with Gasteiger partial charge in [0.15, 0.2) is 0 Å². The molecule has 1 heterocycles. The Labute approximate surface area is 95.6 Å². The van der Waals surface area contributed by atoms with E-state index in [0.717, 1.165) is 19.6 Å². The van der Waals surface area contributed by atoms with E-state index in [1.54, 1.807) is 0 Å². The number of ether oxygens (including phenoxy) is 1. The molecule has 0 radical (unpaired) electrons. The Morgan fingerprint density at radius 1 is 1.40 bits per heavy atom. The minimum Gasteiger partial charge on any atom is -0.380 e. The fourth-order valence-electron chi connectivity index (χ4n) is 1.87. The quantitative estimate of drug-likeness (QED) is 0.795. The zero-order valence-corrected chi connectivity index (χ0v) is 9.41. The van der Waals surface area contributed by atoms with Crippen LogP contribution in [0, 0.1) is 0 Å². The number of nitrogens with one attached hydrogen (secondary N) is 1. The van der Waals surface area contributed by atoms with Crippen LogP contribution in [0.15, 0.2) is 30.3 Å². The topological polar surface area (TPSA) is 21.3 Å². The van der Waals surface area contributed by atoms with Gasteiger partial charge in [-0.15, -0.1) is 11.6 Å². The summed E-state index contributed by atoms with van der Waals surface area (Å²) in [5.74, 6) is 0.598. The summed E-state index contributed by atoms with van der Waals surface area (Å²) in [6, 6.07) is 11.0. The Bertz CT molecular complexity index is 285. The minimum absolute atomic E-state index is 0.236. The van der Waals surface area contributed by atoms with Crippen LogP contribution in [0.4, 0.5) is 0 Å². The van der Waals surface area contributed by atoms with E-state index in [4.69, 9.17) is 16.3 Å². The number of halogens is 1. The normalized spacial score (nSPS) is 22.9. The van der Waals surface area contributed by atoms with E-state index in [-0.39, 0.29) is 6.04 Å². The second-order valence-electron chi connectivity index (χ2n) is 3.84. The molecule has 0 spiro atoms. The highest BCUT2D eigenvalue weighted by Crippen LogP contribution is 2.17. The lowest BCUT2D eigenvalue weighted by atomic mass is 10.1. The van der Waals surface area contributed by atoms with Crippen molar-refractivity contribution >= 4 is 11.6 Å². The third-order valence-corrected chi connectivity index (χ3v) is 3.03. The molecule has 2 nitrogen and oxygen atoms in total. The van der Waals surface area contributed by atoms with Gasteiger partial charge in [-0.1, -0.05) is 30.3 Å². The molecule has 0 bridgehead atoms. The van der Waals surface area contributed by atoms with Crippen LogP contribution in [0.5, 0.6) is 0 Å². The summed E-state index contributed by atoms with van der Waals surface area (Å²) in [5, 5.41) is 3.52. The molecule has 1 N–H and O–H groups in total. The van der Waals surface area contributed by atoms with Gasteiger partial charge < -0.3 is 10.1 Å². The highest BCUT2D eigenvalue weighted by atomic mass is 35.5. The predicted octanol–water partition coefficient (Wildman–Crippen LogP) is 2.35. The lowest BCUT2D eigenvalue weighted by molar-refractivity contribution is 0.188. The van der Waals surface area contributed by atoms with Crippen molar-refractivity contribution in [3.8, 4) is 0 Å². The molecule has 1 aromatic carbocycles. The van der Waals surface area contributed by atoms with Gasteiger partial charge in [0.1, 0.15) is 0 Å². The van der Waals surface area contributed by atoms with Gasteiger partial charge in [-0.2, -0.15) is 0 Å². The van der Waals surface area contributed by atoms with E-state index in [1.165, 1.54) is 5.56 Å². The average molecular weight is 226 g/mol. The second-order valence-corrected chi connectivity index (χ2v) is 4.15. The van der Waals surface area contributed by atoms with Crippen LogP contribution < -0.4 is 5.32 Å². The van der Waals surface area contributed by atoms with E-state index in [2.05, 4.69) is 17.4 Å². The van der Waals surface area contributed by atoms with E-state index in [1.807, 2.05) is 18.2 Å². The molecule has 1 aliphatic heterocycles. The monoisotopic (exact) mass is 225 g/mol. The summed E-state index contributed by atoms with van der Waals surface area (Å²) in [6.45, 7) is 1.67. The summed E-state index contributed by atoms with van der Waals surface area (Å²) >= 11 is 5.98. The van der Waals surface area contributed by atoms with Crippen LogP contribution >= 0.6 is 11.6 Å². The third-order valence-electron chi connectivity index (χ3n) is 2.72. The van der Waals surface area contributed by atoms with Gasteiger partial charge in [0.2, 0.25) is 0 Å². The number of alkyl halides is 1. The molecule has 0 amide bonds. The molecule has 1 aliphatic rings. The molecule has 0 aromatic heterocycles. The number of benzene rings is 1. The fraction of sp³-hybridized carbons (Fsp3) is 0.500. The Kier molecular flexibility index (Phi) is 4.01. The van der Waals surface area contributed by atoms with Crippen molar-refractivity contribution in [2.75, 3.05) is 19.1 Å². The Morgan fingerprint density at radius 3 is 2.80 bits per heavy atom. The summed E-state index contributed by atoms with van der Waals surface area (Å²) < 4.78 is 5.33. The zero-order chi connectivity index (χ0) is 10.5. The minimum atomic E-state index is 0.236. The molecule has 1 saturated heterocycles. The largest absolute Gasteiger partial charge is 0.380 e. The average Bonchev–Trinajstić information content (AvgIpc) is 2.80. The molecular weight excluding hydrogens is 210 g/mol. The lowest BCUT2D eigenvalue weighted by Crippen LogP contribution is -2.34. The third kappa shape index (κ3) is 2.94. The summed E-state index contributed by atoms with van der Waals surface area (Å²) in [4.78, 5) is 0. The molecule has 3 heteroatoms. The molecule has 2 atom stereocenters. The Hall–Kier alpha value is -0.570. The fourth-order valence-corrected chi connectivity index (χ4v) is 2.13. The van der Waals surface area contributed by atoms with Crippen LogP contribution in [0.3, 0.4) is 0 Å². The van der Waals surface area contributed by atoms with E-state index >= 15 is 0 Å². The standard InChI is InChI=1S/C12H16ClNO/c13-8-12(10-4-2-1-3-5-10)14-11-6-7-15-9-11/h1-5,11-12,14H,6-9H2. The second kappa shape index (κ2) is 5.50. The maximum atomic E-state index is 5.98. The van der Waals surface area contributed by atoms with Gasteiger partial charge in [0.05, 0.1) is 6.61 Å². The van der Waals surface area contributed by atoms with Gasteiger partial charge in [-0.25, -0.2) is 0 Å². The van der Waals surface area contributed by atoms with Crippen molar-refractivity contribution in [1.29, 1.82) is 0 Å². The van der Waals surface area contributed by atoms with Gasteiger partial charge >= 0.3 is 0 Å². The van der Waals surface area contributed by atoms with Crippen LogP contribution in [0.25, 0.3) is 0 Å². The maximum absolute atomic E-state index is 5.98. The molecule has 1 fully saturated rings. The number of hydrogen-bond acceptors (Lipinski definition) is 2. The number of rotatable bonds is 4. The number of hydrogen-bond donors (Lipinski definition) is 1. The first-order valence-electron chi connectivity index (χ1n) is 5.35. The molecule has 2 unspecified atom stereocenters. The first-order valence-corrected chi connectivity index (χ1v) is 5.88. The van der Waals surface area contributed by atoms with Crippen molar-refractivity contribution in [3.63, 3.8) is 0 Å². The molecule has 82 valence electrons. The van der Waals surface area contributed by atoms with Gasteiger partial charge in [0.25, 0.3) is 0 Å². The van der Waals surface area contributed by atoms with E-state index < -0.39 is 0 Å². The Morgan fingerprint density at radius 2 is 2.20 bits per heavy atom. The van der Waals surface area contributed by atoms with Crippen molar-refractivity contribution in [1.82, 2.24) is 5.32 Å². The van der Waals surface area contributed by atoms with Crippen LogP contribution in [-0.2, 0) is 4.74 Å². The molecule has 2 rings (SSSR count). The van der Waals surface area contributed by atoms with Crippen molar-refractivity contribution in [2.45, 2.75) is 18.5 Å². The van der Waals surface area contributed by atoms with Crippen molar-refractivity contribution in [2.24, 2.45) is 0 Å². The lowest BCUT2D eigenvalue weighted by Gasteiger charge is -2.20. The molecule has 15 heavy (non-hydrogen) atoms. The molecular formula is C12H16ClNO. The Balaban J connectivity index is 1.97. The van der Waals surface area contributed by atoms with Gasteiger partial charge in [0, 0.05) is 24.6 Å². The first-order chi connectivity index (χ1) is 7.40. The van der Waals surface area contributed by atoms with Gasteiger partial charge in [-0.3, -0.25) is 0 Å². The van der Waals surface area contributed by atoms with Crippen molar-refractivity contribution in [3.05, 3.63) is 35.9 Å². The molecule has 0 saturated carbocycles. The van der Waals surface area contributed by atoms with Crippen LogP contribution in [-0.4, -0.2) is 25.1 Å². The smallest absolute Gasteiger partial charge is 0.0620 e. The van der Waals surface area contributed by atoms with Crippen molar-refractivity contribution < 1.29 is 4.74 Å². The predicted molar refractivity (Wildman–Crippen MR) is 62.3 cm³/mol. The summed E-state index contributed by atoms with van der Waals surface area (Å²) in [6.07, 6.45) is 1.08. The van der Waals surface area contributed by atoms with Crippen LogP contribution in [0.2, 0.25) is 0 Å². The van der Waals surface area contributed by atoms with E-state index in [9.17, 15) is 0 Å². The molecule has 0 aliphatic carbocycles. The highest BCUT2D eigenvalue weighted by molar-refractivity contribution is 6.18.